The van der Waals surface area contributed by atoms with Crippen molar-refractivity contribution < 1.29 is 14.6 Å². The number of aromatic nitrogens is 1. The van der Waals surface area contributed by atoms with Crippen molar-refractivity contribution in [1.29, 1.82) is 0 Å². The molecule has 0 fully saturated rings. The quantitative estimate of drug-likeness (QED) is 0.683. The van der Waals surface area contributed by atoms with Crippen molar-refractivity contribution in [3.8, 4) is 5.75 Å². The summed E-state index contributed by atoms with van der Waals surface area (Å²) in [5, 5.41) is 11.3. The molecule has 0 aliphatic heterocycles. The van der Waals surface area contributed by atoms with Crippen LogP contribution in [-0.2, 0) is 17.9 Å². The molecule has 5 heteroatoms. The molecule has 5 nitrogen and oxygen atoms in total. The van der Waals surface area contributed by atoms with Gasteiger partial charge < -0.3 is 19.7 Å². The molecule has 0 amide bonds. The van der Waals surface area contributed by atoms with Crippen LogP contribution in [0.2, 0.25) is 0 Å². The van der Waals surface area contributed by atoms with E-state index in [1.54, 1.807) is 0 Å². The Labute approximate surface area is 153 Å². The van der Waals surface area contributed by atoms with Crippen molar-refractivity contribution in [2.75, 3.05) is 14.1 Å². The van der Waals surface area contributed by atoms with E-state index in [2.05, 4.69) is 4.98 Å². The number of fused-ring (bicyclic) bond motifs is 1. The minimum atomic E-state index is -0.388. The molecular weight excluding hydrogens is 328 g/mol. The smallest absolute Gasteiger partial charge is 0.340 e. The number of phenolic OH excluding ortho intramolecular Hbond substituents is 1. The zero-order chi connectivity index (χ0) is 18.8. The number of rotatable bonds is 5. The van der Waals surface area contributed by atoms with Gasteiger partial charge >= 0.3 is 5.97 Å². The Morgan fingerprint density at radius 3 is 2.54 bits per heavy atom. The number of nitrogens with zero attached hydrogens (tertiary/aromatic N) is 1. The number of benzene rings is 2. The second kappa shape index (κ2) is 7.22. The monoisotopic (exact) mass is 352 g/mol. The van der Waals surface area contributed by atoms with E-state index in [1.165, 1.54) is 0 Å². The summed E-state index contributed by atoms with van der Waals surface area (Å²) in [6, 6.07) is 11.5. The van der Waals surface area contributed by atoms with Crippen LogP contribution < -0.4 is 0 Å². The highest BCUT2D eigenvalue weighted by Gasteiger charge is 2.23. The SMILES string of the molecule is Cc1cc2[nH]c(C)c(C(=O)OCc3ccccc3)c2c(CN(C)C)c1O. The highest BCUT2D eigenvalue weighted by Crippen LogP contribution is 2.35. The number of hydrogen-bond acceptors (Lipinski definition) is 4. The summed E-state index contributed by atoms with van der Waals surface area (Å²) in [7, 11) is 3.86. The molecule has 0 saturated heterocycles. The van der Waals surface area contributed by atoms with Gasteiger partial charge in [-0.25, -0.2) is 4.79 Å². The lowest BCUT2D eigenvalue weighted by Crippen LogP contribution is -2.13. The molecule has 0 radical (unpaired) electrons. The number of carbonyl (C=O) groups is 1. The molecule has 0 bridgehead atoms. The highest BCUT2D eigenvalue weighted by molar-refractivity contribution is 6.07. The number of phenols is 1. The number of aromatic amines is 1. The number of hydrogen-bond donors (Lipinski definition) is 2. The van der Waals surface area contributed by atoms with E-state index >= 15 is 0 Å². The summed E-state index contributed by atoms with van der Waals surface area (Å²) in [5.74, 6) is -0.164. The molecule has 3 rings (SSSR count). The summed E-state index contributed by atoms with van der Waals surface area (Å²) >= 11 is 0. The first kappa shape index (κ1) is 18.0. The predicted octanol–water partition coefficient (Wildman–Crippen LogP) is 3.91. The summed E-state index contributed by atoms with van der Waals surface area (Å²) in [5.41, 5.74) is 4.51. The molecule has 3 aromatic rings. The number of esters is 1. The van der Waals surface area contributed by atoms with Crippen molar-refractivity contribution in [2.24, 2.45) is 0 Å². The van der Waals surface area contributed by atoms with Gasteiger partial charge in [-0.2, -0.15) is 0 Å². The van der Waals surface area contributed by atoms with E-state index in [1.807, 2.05) is 69.2 Å². The molecule has 0 aliphatic rings. The summed E-state index contributed by atoms with van der Waals surface area (Å²) in [6.07, 6.45) is 0. The van der Waals surface area contributed by atoms with Gasteiger partial charge in [0.05, 0.1) is 5.56 Å². The fourth-order valence-corrected chi connectivity index (χ4v) is 3.23. The Morgan fingerprint density at radius 1 is 1.19 bits per heavy atom. The molecule has 1 aromatic heterocycles. The molecule has 2 aromatic carbocycles. The normalized spacial score (nSPS) is 11.3. The van der Waals surface area contributed by atoms with Gasteiger partial charge in [-0.05, 0) is 45.1 Å². The van der Waals surface area contributed by atoms with E-state index in [0.717, 1.165) is 33.3 Å². The standard InChI is InChI=1S/C21H24N2O3/c1-13-10-17-19(16(20(13)24)11-23(3)4)18(14(2)22-17)21(25)26-12-15-8-6-5-7-9-15/h5-10,22,24H,11-12H2,1-4H3. The zero-order valence-electron chi connectivity index (χ0n) is 15.6. The Morgan fingerprint density at radius 2 is 1.88 bits per heavy atom. The molecule has 26 heavy (non-hydrogen) atoms. The average molecular weight is 352 g/mol. The first-order chi connectivity index (χ1) is 12.4. The average Bonchev–Trinajstić information content (AvgIpc) is 2.93. The van der Waals surface area contributed by atoms with Crippen LogP contribution in [0.5, 0.6) is 5.75 Å². The van der Waals surface area contributed by atoms with Crippen molar-refractivity contribution in [3.05, 3.63) is 64.3 Å². The van der Waals surface area contributed by atoms with Gasteiger partial charge in [0.2, 0.25) is 0 Å². The molecule has 0 aliphatic carbocycles. The fourth-order valence-electron chi connectivity index (χ4n) is 3.23. The number of aromatic hydroxyl groups is 1. The first-order valence-corrected chi connectivity index (χ1v) is 8.58. The number of nitrogens with one attached hydrogen (secondary N) is 1. The molecule has 0 atom stereocenters. The minimum absolute atomic E-state index is 0.215. The van der Waals surface area contributed by atoms with Gasteiger partial charge in [-0.3, -0.25) is 0 Å². The molecule has 2 N–H and O–H groups in total. The number of ether oxygens (including phenoxy) is 1. The zero-order valence-corrected chi connectivity index (χ0v) is 15.6. The van der Waals surface area contributed by atoms with E-state index < -0.39 is 0 Å². The Bertz CT molecular complexity index is 943. The molecule has 136 valence electrons. The third-order valence-electron chi connectivity index (χ3n) is 4.43. The summed E-state index contributed by atoms with van der Waals surface area (Å²) in [6.45, 7) is 4.45. The van der Waals surface area contributed by atoms with Crippen LogP contribution in [0.25, 0.3) is 10.9 Å². The largest absolute Gasteiger partial charge is 0.507 e. The second-order valence-electron chi connectivity index (χ2n) is 6.87. The van der Waals surface area contributed by atoms with Gasteiger partial charge in [-0.15, -0.1) is 0 Å². The summed E-state index contributed by atoms with van der Waals surface area (Å²) in [4.78, 5) is 18.0. The van der Waals surface area contributed by atoms with Crippen molar-refractivity contribution in [2.45, 2.75) is 27.0 Å². The van der Waals surface area contributed by atoms with Gasteiger partial charge in [0.1, 0.15) is 12.4 Å². The minimum Gasteiger partial charge on any atom is -0.507 e. The fraction of sp³-hybridized carbons (Fsp3) is 0.286. The Balaban J connectivity index is 2.03. The maximum absolute atomic E-state index is 12.8. The van der Waals surface area contributed by atoms with Crippen LogP contribution in [0.4, 0.5) is 0 Å². The Kier molecular flexibility index (Phi) is 5.00. The summed E-state index contributed by atoms with van der Waals surface area (Å²) < 4.78 is 5.54. The van der Waals surface area contributed by atoms with Crippen LogP contribution >= 0.6 is 0 Å². The lowest BCUT2D eigenvalue weighted by Gasteiger charge is -2.15. The third kappa shape index (κ3) is 3.44. The van der Waals surface area contributed by atoms with Gasteiger partial charge in [-0.1, -0.05) is 30.3 Å². The van der Waals surface area contributed by atoms with Gasteiger partial charge in [0.15, 0.2) is 0 Å². The van der Waals surface area contributed by atoms with Crippen LogP contribution in [0.15, 0.2) is 36.4 Å². The maximum Gasteiger partial charge on any atom is 0.340 e. The van der Waals surface area contributed by atoms with Crippen LogP contribution in [-0.4, -0.2) is 35.1 Å². The molecule has 0 spiro atoms. The molecule has 1 heterocycles. The van der Waals surface area contributed by atoms with Crippen LogP contribution in [0, 0.1) is 13.8 Å². The molecule has 0 unspecified atom stereocenters. The third-order valence-corrected chi connectivity index (χ3v) is 4.43. The van der Waals surface area contributed by atoms with Crippen molar-refractivity contribution >= 4 is 16.9 Å². The Hall–Kier alpha value is -2.79. The van der Waals surface area contributed by atoms with E-state index in [4.69, 9.17) is 4.74 Å². The van der Waals surface area contributed by atoms with E-state index in [9.17, 15) is 9.90 Å². The maximum atomic E-state index is 12.8. The number of H-pyrrole nitrogens is 1. The second-order valence-corrected chi connectivity index (χ2v) is 6.87. The predicted molar refractivity (Wildman–Crippen MR) is 102 cm³/mol. The van der Waals surface area contributed by atoms with Crippen LogP contribution in [0.3, 0.4) is 0 Å². The number of aryl methyl sites for hydroxylation is 2. The van der Waals surface area contributed by atoms with E-state index in [0.29, 0.717) is 12.1 Å². The highest BCUT2D eigenvalue weighted by atomic mass is 16.5. The lowest BCUT2D eigenvalue weighted by atomic mass is 10.0. The van der Waals surface area contributed by atoms with Crippen molar-refractivity contribution in [3.63, 3.8) is 0 Å². The molecular formula is C21H24N2O3. The van der Waals surface area contributed by atoms with Gasteiger partial charge in [0, 0.05) is 28.7 Å². The van der Waals surface area contributed by atoms with E-state index in [-0.39, 0.29) is 18.3 Å². The lowest BCUT2D eigenvalue weighted by molar-refractivity contribution is 0.0474. The van der Waals surface area contributed by atoms with Gasteiger partial charge in [0.25, 0.3) is 0 Å². The number of carbonyl (C=O) groups excluding carboxylic acids is 1. The van der Waals surface area contributed by atoms with Crippen LogP contribution in [0.1, 0.15) is 32.7 Å². The van der Waals surface area contributed by atoms with Crippen molar-refractivity contribution in [1.82, 2.24) is 9.88 Å². The topological polar surface area (TPSA) is 65.6 Å². The molecule has 0 saturated carbocycles. The first-order valence-electron chi connectivity index (χ1n) is 8.58.